The Morgan fingerprint density at radius 2 is 1.25 bits per heavy atom. The molecule has 2 aliphatic carbocycles. The standard InChI is InChI=1S/C53H37NO2/c1-53(2)45-17-9-7-15-40(45)41-25-23-39(30-46(41)53)54(37-22-21-33-12-4-6-14-35(33)28-37)38-24-26-48-43(29-38)44-31-49-51(42-16-8-10-18-47(42)55-49)50(52(44)56-48)36-20-19-32-11-3-5-13-34(32)27-36/h3-28,30-31,43H,29H2,1-2H3. The Morgan fingerprint density at radius 1 is 0.571 bits per heavy atom. The van der Waals surface area contributed by atoms with Crippen LogP contribution in [-0.2, 0) is 5.41 Å². The van der Waals surface area contributed by atoms with Crippen molar-refractivity contribution in [1.29, 1.82) is 0 Å². The third kappa shape index (κ3) is 4.52. The van der Waals surface area contributed by atoms with E-state index in [0.717, 1.165) is 62.4 Å². The van der Waals surface area contributed by atoms with E-state index in [1.54, 1.807) is 0 Å². The van der Waals surface area contributed by atoms with Crippen molar-refractivity contribution in [2.45, 2.75) is 31.6 Å². The van der Waals surface area contributed by atoms with Crippen LogP contribution in [0.4, 0.5) is 11.4 Å². The Balaban J connectivity index is 1.02. The van der Waals surface area contributed by atoms with Crippen molar-refractivity contribution in [2.75, 3.05) is 4.90 Å². The van der Waals surface area contributed by atoms with Crippen LogP contribution in [0.15, 0.2) is 186 Å². The van der Waals surface area contributed by atoms with Crippen LogP contribution in [0.2, 0.25) is 0 Å². The fourth-order valence-electron chi connectivity index (χ4n) is 9.83. The zero-order valence-corrected chi connectivity index (χ0v) is 31.2. The predicted molar refractivity (Wildman–Crippen MR) is 231 cm³/mol. The molecule has 1 unspecified atom stereocenters. The highest BCUT2D eigenvalue weighted by atomic mass is 16.5. The summed E-state index contributed by atoms with van der Waals surface area (Å²) in [6.45, 7) is 4.71. The molecule has 8 aromatic carbocycles. The number of hydrogen-bond acceptors (Lipinski definition) is 3. The number of para-hydroxylation sites is 1. The number of ether oxygens (including phenoxy) is 1. The van der Waals surface area contributed by atoms with Gasteiger partial charge in [-0.25, -0.2) is 0 Å². The predicted octanol–water partition coefficient (Wildman–Crippen LogP) is 14.4. The quantitative estimate of drug-likeness (QED) is 0.181. The molecule has 1 aliphatic heterocycles. The van der Waals surface area contributed by atoms with E-state index >= 15 is 0 Å². The third-order valence-electron chi connectivity index (χ3n) is 12.6. The molecule has 2 heterocycles. The van der Waals surface area contributed by atoms with Gasteiger partial charge in [0.05, 0.1) is 5.92 Å². The van der Waals surface area contributed by atoms with Gasteiger partial charge in [0.25, 0.3) is 0 Å². The van der Waals surface area contributed by atoms with Gasteiger partial charge in [0, 0.05) is 50.8 Å². The van der Waals surface area contributed by atoms with Crippen LogP contribution in [0.3, 0.4) is 0 Å². The van der Waals surface area contributed by atoms with Gasteiger partial charge in [0.2, 0.25) is 0 Å². The van der Waals surface area contributed by atoms with Gasteiger partial charge in [-0.15, -0.1) is 0 Å². The van der Waals surface area contributed by atoms with Gasteiger partial charge in [-0.2, -0.15) is 0 Å². The molecular formula is C53H37NO2. The fraction of sp³-hybridized carbons (Fsp3) is 0.0943. The second-order valence-electron chi connectivity index (χ2n) is 16.1. The molecule has 3 nitrogen and oxygen atoms in total. The minimum atomic E-state index is -0.111. The molecule has 1 atom stereocenters. The molecule has 0 N–H and O–H groups in total. The zero-order valence-electron chi connectivity index (χ0n) is 31.2. The molecule has 12 rings (SSSR count). The van der Waals surface area contributed by atoms with Gasteiger partial charge >= 0.3 is 0 Å². The molecule has 0 spiro atoms. The normalized spacial score (nSPS) is 16.3. The minimum Gasteiger partial charge on any atom is -0.460 e. The summed E-state index contributed by atoms with van der Waals surface area (Å²) in [5.41, 5.74) is 14.0. The lowest BCUT2D eigenvalue weighted by molar-refractivity contribution is 0.424. The first-order valence-corrected chi connectivity index (χ1v) is 19.6. The summed E-state index contributed by atoms with van der Waals surface area (Å²) in [4.78, 5) is 2.47. The summed E-state index contributed by atoms with van der Waals surface area (Å²) in [5.74, 6) is 1.94. The van der Waals surface area contributed by atoms with Crippen molar-refractivity contribution in [2.24, 2.45) is 0 Å². The number of nitrogens with zero attached hydrogens (tertiary/aromatic N) is 1. The second kappa shape index (κ2) is 11.6. The van der Waals surface area contributed by atoms with Gasteiger partial charge in [-0.05, 0) is 104 Å². The summed E-state index contributed by atoms with van der Waals surface area (Å²) in [6.07, 6.45) is 5.25. The molecule has 3 heteroatoms. The molecule has 0 amide bonds. The number of hydrogen-bond donors (Lipinski definition) is 0. The lowest BCUT2D eigenvalue weighted by atomic mass is 9.82. The Hall–Kier alpha value is -6.84. The van der Waals surface area contributed by atoms with Crippen molar-refractivity contribution in [1.82, 2.24) is 0 Å². The zero-order chi connectivity index (χ0) is 37.1. The maximum absolute atomic E-state index is 7.01. The van der Waals surface area contributed by atoms with Crippen molar-refractivity contribution >= 4 is 54.9 Å². The SMILES string of the molecule is CC1(C)c2ccccc2-c2ccc(N(C3=CC=C4Oc5c(cc6oc7ccccc7c6c5-c5ccc6ccccc6c5)C4C3)c3ccc4ccccc4c3)cc21. The molecule has 0 saturated carbocycles. The van der Waals surface area contributed by atoms with E-state index in [2.05, 4.69) is 183 Å². The number of rotatable bonds is 4. The third-order valence-corrected chi connectivity index (χ3v) is 12.6. The Bertz CT molecular complexity index is 3190. The number of anilines is 2. The first-order chi connectivity index (χ1) is 27.5. The molecule has 1 aromatic heterocycles. The van der Waals surface area contributed by atoms with Crippen LogP contribution in [0.25, 0.3) is 65.7 Å². The highest BCUT2D eigenvalue weighted by Gasteiger charge is 2.39. The number of allylic oxidation sites excluding steroid dienone is 4. The number of furan rings is 1. The first kappa shape index (κ1) is 31.5. The summed E-state index contributed by atoms with van der Waals surface area (Å²) in [7, 11) is 0. The fourth-order valence-corrected chi connectivity index (χ4v) is 9.83. The summed E-state index contributed by atoms with van der Waals surface area (Å²) < 4.78 is 13.7. The van der Waals surface area contributed by atoms with Gasteiger partial charge in [0.15, 0.2) is 0 Å². The maximum atomic E-state index is 7.01. The van der Waals surface area contributed by atoms with Crippen LogP contribution in [0.5, 0.6) is 5.75 Å². The molecule has 0 radical (unpaired) electrons. The van der Waals surface area contributed by atoms with E-state index in [4.69, 9.17) is 9.15 Å². The highest BCUT2D eigenvalue weighted by molar-refractivity contribution is 6.15. The van der Waals surface area contributed by atoms with E-state index in [0.29, 0.717) is 0 Å². The smallest absolute Gasteiger partial charge is 0.139 e. The maximum Gasteiger partial charge on any atom is 0.139 e. The van der Waals surface area contributed by atoms with E-state index in [1.165, 1.54) is 55.1 Å². The highest BCUT2D eigenvalue weighted by Crippen LogP contribution is 2.56. The van der Waals surface area contributed by atoms with Crippen LogP contribution in [0, 0.1) is 0 Å². The molecule has 56 heavy (non-hydrogen) atoms. The Labute approximate surface area is 325 Å². The summed E-state index contributed by atoms with van der Waals surface area (Å²) in [6, 6.07) is 57.3. The van der Waals surface area contributed by atoms with Crippen molar-refractivity contribution in [3.05, 3.63) is 198 Å². The molecule has 3 aliphatic rings. The molecule has 9 aromatic rings. The van der Waals surface area contributed by atoms with Gasteiger partial charge in [-0.3, -0.25) is 0 Å². The Kier molecular flexibility index (Phi) is 6.52. The van der Waals surface area contributed by atoms with Crippen LogP contribution in [-0.4, -0.2) is 0 Å². The molecule has 0 bridgehead atoms. The second-order valence-corrected chi connectivity index (χ2v) is 16.1. The van der Waals surface area contributed by atoms with Crippen molar-refractivity contribution in [3.8, 4) is 28.0 Å². The lowest BCUT2D eigenvalue weighted by Crippen LogP contribution is -2.21. The monoisotopic (exact) mass is 719 g/mol. The van der Waals surface area contributed by atoms with Gasteiger partial charge in [-0.1, -0.05) is 129 Å². The molecule has 0 fully saturated rings. The van der Waals surface area contributed by atoms with Crippen molar-refractivity contribution < 1.29 is 9.15 Å². The van der Waals surface area contributed by atoms with Crippen LogP contribution in [0.1, 0.15) is 42.9 Å². The van der Waals surface area contributed by atoms with Gasteiger partial charge in [0.1, 0.15) is 22.7 Å². The Morgan fingerprint density at radius 3 is 2.11 bits per heavy atom. The molecule has 0 saturated heterocycles. The average molecular weight is 720 g/mol. The minimum absolute atomic E-state index is 0.0277. The number of benzene rings is 8. The topological polar surface area (TPSA) is 25.6 Å². The lowest BCUT2D eigenvalue weighted by Gasteiger charge is -2.32. The van der Waals surface area contributed by atoms with Crippen molar-refractivity contribution in [3.63, 3.8) is 0 Å². The summed E-state index contributed by atoms with van der Waals surface area (Å²) >= 11 is 0. The average Bonchev–Trinajstić information content (AvgIpc) is 3.87. The first-order valence-electron chi connectivity index (χ1n) is 19.6. The molecule has 266 valence electrons. The molecular weight excluding hydrogens is 683 g/mol. The van der Waals surface area contributed by atoms with Crippen LogP contribution >= 0.6 is 0 Å². The number of fused-ring (bicyclic) bond motifs is 11. The van der Waals surface area contributed by atoms with E-state index in [1.807, 2.05) is 6.07 Å². The van der Waals surface area contributed by atoms with Gasteiger partial charge < -0.3 is 14.1 Å². The van der Waals surface area contributed by atoms with Crippen LogP contribution < -0.4 is 9.64 Å². The van der Waals surface area contributed by atoms with E-state index in [9.17, 15) is 0 Å². The summed E-state index contributed by atoms with van der Waals surface area (Å²) in [5, 5.41) is 7.07. The van der Waals surface area contributed by atoms with E-state index < -0.39 is 0 Å². The largest absolute Gasteiger partial charge is 0.460 e. The van der Waals surface area contributed by atoms with E-state index in [-0.39, 0.29) is 11.3 Å².